The second-order valence-corrected chi connectivity index (χ2v) is 9.32. The molecule has 0 bridgehead atoms. The molecule has 190 valence electrons. The van der Waals surface area contributed by atoms with Gasteiger partial charge in [0.2, 0.25) is 17.8 Å². The van der Waals surface area contributed by atoms with Crippen LogP contribution in [0.3, 0.4) is 0 Å². The van der Waals surface area contributed by atoms with Crippen LogP contribution in [-0.4, -0.2) is 40.2 Å². The fourth-order valence-electron chi connectivity index (χ4n) is 4.22. The van der Waals surface area contributed by atoms with Gasteiger partial charge in [0, 0.05) is 31.7 Å². The van der Waals surface area contributed by atoms with Crippen molar-refractivity contribution in [2.24, 2.45) is 11.7 Å². The fraction of sp³-hybridized carbons (Fsp3) is 0.636. The van der Waals surface area contributed by atoms with Gasteiger partial charge in [0.15, 0.2) is 5.82 Å². The van der Waals surface area contributed by atoms with Crippen molar-refractivity contribution >= 4 is 16.9 Å². The number of hydrogen-bond acceptors (Lipinski definition) is 3. The highest BCUT2D eigenvalue weighted by atomic mass is 19.3. The Morgan fingerprint density at radius 1 is 1.21 bits per heavy atom. The van der Waals surface area contributed by atoms with Gasteiger partial charge in [0.1, 0.15) is 11.3 Å². The third-order valence-corrected chi connectivity index (χ3v) is 6.05. The first-order chi connectivity index (χ1) is 15.6. The molecule has 1 heterocycles. The number of aromatic amines is 1. The number of H-pyrrole nitrogens is 1. The number of halogens is 7. The van der Waals surface area contributed by atoms with Crippen LogP contribution in [0.5, 0.6) is 0 Å². The second-order valence-electron chi connectivity index (χ2n) is 9.32. The maximum atomic E-state index is 15.4. The molecule has 2 aromatic rings. The third kappa shape index (κ3) is 6.39. The lowest BCUT2D eigenvalue weighted by Crippen LogP contribution is -2.39. The molecule has 0 saturated heterocycles. The van der Waals surface area contributed by atoms with Crippen molar-refractivity contribution in [3.8, 4) is 0 Å². The van der Waals surface area contributed by atoms with Crippen molar-refractivity contribution in [3.63, 3.8) is 0 Å². The Hall–Kier alpha value is -2.37. The smallest absolute Gasteiger partial charge is 0.262 e. The van der Waals surface area contributed by atoms with Crippen molar-refractivity contribution in [3.05, 3.63) is 29.3 Å². The van der Waals surface area contributed by atoms with E-state index in [1.165, 1.54) is 6.07 Å². The first kappa shape index (κ1) is 26.2. The molecule has 0 aliphatic heterocycles. The molecule has 1 aromatic heterocycles. The number of fused-ring (bicyclic) bond motifs is 1. The summed E-state index contributed by atoms with van der Waals surface area (Å²) in [6.07, 6.45) is -1.42. The number of carbonyl (C=O) groups excluding carboxylic acids is 1. The average molecular weight is 496 g/mol. The predicted octanol–water partition coefficient (Wildman–Crippen LogP) is 5.43. The van der Waals surface area contributed by atoms with E-state index < -0.39 is 60.0 Å². The molecule has 0 spiro atoms. The van der Waals surface area contributed by atoms with Gasteiger partial charge in [-0.3, -0.25) is 4.79 Å². The highest BCUT2D eigenvalue weighted by Crippen LogP contribution is 2.41. The summed E-state index contributed by atoms with van der Waals surface area (Å²) < 4.78 is 96.1. The molecule has 1 aliphatic rings. The summed E-state index contributed by atoms with van der Waals surface area (Å²) in [5, 5.41) is 1.89. The molecule has 0 unspecified atom stereocenters. The summed E-state index contributed by atoms with van der Waals surface area (Å²) in [7, 11) is 0. The third-order valence-electron chi connectivity index (χ3n) is 6.05. The Morgan fingerprint density at radius 3 is 2.38 bits per heavy atom. The Balaban J connectivity index is 1.90. The lowest BCUT2D eigenvalue weighted by atomic mass is 9.82. The Morgan fingerprint density at radius 2 is 1.82 bits per heavy atom. The Labute approximate surface area is 191 Å². The highest BCUT2D eigenvalue weighted by Gasteiger charge is 2.39. The maximum absolute atomic E-state index is 15.4. The monoisotopic (exact) mass is 496 g/mol. The van der Waals surface area contributed by atoms with E-state index in [-0.39, 0.29) is 48.5 Å². The van der Waals surface area contributed by atoms with Crippen LogP contribution >= 0.6 is 0 Å². The van der Waals surface area contributed by atoms with E-state index in [1.807, 2.05) is 5.32 Å². The van der Waals surface area contributed by atoms with Gasteiger partial charge in [0.05, 0.1) is 24.0 Å². The van der Waals surface area contributed by atoms with Crippen molar-refractivity contribution < 1.29 is 35.5 Å². The van der Waals surface area contributed by atoms with Gasteiger partial charge >= 0.3 is 0 Å². The second kappa shape index (κ2) is 9.35. The number of imidazole rings is 1. The molecule has 4 N–H and O–H groups in total. The van der Waals surface area contributed by atoms with Gasteiger partial charge in [-0.1, -0.05) is 6.07 Å². The molecular weight excluding hydrogens is 469 g/mol. The van der Waals surface area contributed by atoms with E-state index in [1.54, 1.807) is 0 Å². The standard InChI is InChI=1S/C22H27F7N4O/c1-20(24,25)9-13(19(34)31-10-21(2,26)27)12-3-4-14-17(15(12)23)33-18(32-14)16(30)11-5-7-22(28,29)8-6-11/h3-4,11,13,16H,5-10,30H2,1-2H3,(H,31,34)(H,32,33)/t13-,16-/m0/s1. The molecule has 1 aliphatic carbocycles. The van der Waals surface area contributed by atoms with E-state index >= 15 is 4.39 Å². The topological polar surface area (TPSA) is 83.8 Å². The molecule has 12 heteroatoms. The van der Waals surface area contributed by atoms with Gasteiger partial charge in [-0.05, 0) is 31.7 Å². The largest absolute Gasteiger partial charge is 0.350 e. The van der Waals surface area contributed by atoms with E-state index in [0.29, 0.717) is 13.8 Å². The molecule has 0 radical (unpaired) electrons. The zero-order chi connectivity index (χ0) is 25.5. The molecule has 1 aromatic carbocycles. The van der Waals surface area contributed by atoms with Crippen LogP contribution in [0.4, 0.5) is 30.7 Å². The molecular formula is C22H27F7N4O. The first-order valence-corrected chi connectivity index (χ1v) is 10.9. The summed E-state index contributed by atoms with van der Waals surface area (Å²) in [6.45, 7) is -0.00782. The summed E-state index contributed by atoms with van der Waals surface area (Å²) in [4.78, 5) is 19.4. The first-order valence-electron chi connectivity index (χ1n) is 10.9. The van der Waals surface area contributed by atoms with Crippen LogP contribution in [0, 0.1) is 11.7 Å². The number of nitrogens with one attached hydrogen (secondary N) is 2. The number of aromatic nitrogens is 2. The minimum absolute atomic E-state index is 0.147. The lowest BCUT2D eigenvalue weighted by Gasteiger charge is -2.31. The number of amides is 1. The van der Waals surface area contributed by atoms with Crippen LogP contribution in [0.25, 0.3) is 11.0 Å². The number of nitrogens with two attached hydrogens (primary N) is 1. The number of alkyl halides is 6. The molecule has 2 atom stereocenters. The van der Waals surface area contributed by atoms with Gasteiger partial charge in [-0.15, -0.1) is 0 Å². The lowest BCUT2D eigenvalue weighted by molar-refractivity contribution is -0.126. The van der Waals surface area contributed by atoms with E-state index in [9.17, 15) is 31.1 Å². The number of hydrogen-bond donors (Lipinski definition) is 3. The highest BCUT2D eigenvalue weighted by molar-refractivity contribution is 5.86. The van der Waals surface area contributed by atoms with Gasteiger partial charge < -0.3 is 16.0 Å². The molecule has 5 nitrogen and oxygen atoms in total. The summed E-state index contributed by atoms with van der Waals surface area (Å²) in [5.41, 5.74) is 5.68. The molecule has 34 heavy (non-hydrogen) atoms. The van der Waals surface area contributed by atoms with Crippen LogP contribution in [0.15, 0.2) is 12.1 Å². The minimum Gasteiger partial charge on any atom is -0.350 e. The zero-order valence-corrected chi connectivity index (χ0v) is 18.7. The van der Waals surface area contributed by atoms with Crippen molar-refractivity contribution in [2.45, 2.75) is 75.7 Å². The van der Waals surface area contributed by atoms with E-state index in [4.69, 9.17) is 5.73 Å². The minimum atomic E-state index is -3.39. The SMILES string of the molecule is CC(F)(F)CNC(=O)[C@@H](CC(C)(F)F)c1ccc2[nH]c([C@@H](N)C3CCC(F)(F)CC3)nc2c1F. The van der Waals surface area contributed by atoms with E-state index in [2.05, 4.69) is 9.97 Å². The quantitative estimate of drug-likeness (QED) is 0.427. The zero-order valence-electron chi connectivity index (χ0n) is 18.7. The van der Waals surface area contributed by atoms with Crippen LogP contribution in [0.1, 0.15) is 69.3 Å². The molecule has 3 rings (SSSR count). The van der Waals surface area contributed by atoms with Gasteiger partial charge in [-0.2, -0.15) is 0 Å². The average Bonchev–Trinajstić information content (AvgIpc) is 3.14. The molecule has 1 saturated carbocycles. The number of carbonyl (C=O) groups is 1. The van der Waals surface area contributed by atoms with Crippen molar-refractivity contribution in [1.29, 1.82) is 0 Å². The molecule has 1 fully saturated rings. The Kier molecular flexibility index (Phi) is 7.22. The number of nitrogens with zero attached hydrogens (tertiary/aromatic N) is 1. The van der Waals surface area contributed by atoms with Gasteiger partial charge in [-0.25, -0.2) is 35.7 Å². The Bertz CT molecular complexity index is 1020. The number of rotatable bonds is 8. The van der Waals surface area contributed by atoms with Crippen molar-refractivity contribution in [1.82, 2.24) is 15.3 Å². The normalized spacial score (nSPS) is 19.2. The van der Waals surface area contributed by atoms with Crippen LogP contribution in [0.2, 0.25) is 0 Å². The summed E-state index contributed by atoms with van der Waals surface area (Å²) in [5.74, 6) is -13.6. The summed E-state index contributed by atoms with van der Waals surface area (Å²) >= 11 is 0. The van der Waals surface area contributed by atoms with Crippen molar-refractivity contribution in [2.75, 3.05) is 6.54 Å². The van der Waals surface area contributed by atoms with Gasteiger partial charge in [0.25, 0.3) is 5.92 Å². The molecule has 1 amide bonds. The van der Waals surface area contributed by atoms with E-state index in [0.717, 1.165) is 6.07 Å². The maximum Gasteiger partial charge on any atom is 0.262 e. The summed E-state index contributed by atoms with van der Waals surface area (Å²) in [6, 6.07) is 1.66. The van der Waals surface area contributed by atoms with Crippen LogP contribution in [-0.2, 0) is 4.79 Å². The van der Waals surface area contributed by atoms with Crippen LogP contribution < -0.4 is 11.1 Å². The fourth-order valence-corrected chi connectivity index (χ4v) is 4.22. The predicted molar refractivity (Wildman–Crippen MR) is 111 cm³/mol. The number of benzene rings is 1.